The summed E-state index contributed by atoms with van der Waals surface area (Å²) in [5.41, 5.74) is 7.33. The number of halogens is 1. The second kappa shape index (κ2) is 3.76. The van der Waals surface area contributed by atoms with Gasteiger partial charge in [-0.15, -0.1) is 11.8 Å². The monoisotopic (exact) mass is 227 g/mol. The zero-order chi connectivity index (χ0) is 10.2. The van der Waals surface area contributed by atoms with Gasteiger partial charge in [0.25, 0.3) is 0 Å². The quantitative estimate of drug-likeness (QED) is 0.804. The van der Waals surface area contributed by atoms with Crippen LogP contribution in [0.4, 0.5) is 0 Å². The van der Waals surface area contributed by atoms with Crippen LogP contribution in [0.2, 0.25) is 5.02 Å². The summed E-state index contributed by atoms with van der Waals surface area (Å²) in [4.78, 5) is 1.14. The number of nitrogens with two attached hydrogens (primary N) is 1. The Labute approximate surface area is 94.0 Å². The van der Waals surface area contributed by atoms with E-state index in [2.05, 4.69) is 18.2 Å². The van der Waals surface area contributed by atoms with Crippen molar-refractivity contribution < 1.29 is 0 Å². The van der Waals surface area contributed by atoms with E-state index in [1.54, 1.807) is 11.8 Å². The van der Waals surface area contributed by atoms with Crippen LogP contribution in [-0.2, 0) is 5.41 Å². The van der Waals surface area contributed by atoms with Gasteiger partial charge in [-0.2, -0.15) is 0 Å². The molecule has 3 heteroatoms. The van der Waals surface area contributed by atoms with E-state index >= 15 is 0 Å². The third kappa shape index (κ3) is 1.67. The predicted octanol–water partition coefficient (Wildman–Crippen LogP) is 3.05. The topological polar surface area (TPSA) is 26.0 Å². The van der Waals surface area contributed by atoms with Crippen LogP contribution >= 0.6 is 23.4 Å². The summed E-state index contributed by atoms with van der Waals surface area (Å²) in [5.74, 6) is 0. The van der Waals surface area contributed by atoms with Gasteiger partial charge < -0.3 is 5.73 Å². The molecule has 0 spiro atoms. The summed E-state index contributed by atoms with van der Waals surface area (Å²) in [5, 5.41) is 0.856. The maximum absolute atomic E-state index is 6.16. The highest BCUT2D eigenvalue weighted by atomic mass is 35.5. The molecule has 0 amide bonds. The molecule has 0 saturated heterocycles. The lowest BCUT2D eigenvalue weighted by Crippen LogP contribution is -2.19. The highest BCUT2D eigenvalue weighted by Gasteiger charge is 2.42. The maximum atomic E-state index is 6.16. The van der Waals surface area contributed by atoms with Crippen molar-refractivity contribution in [3.8, 4) is 0 Å². The molecular formula is C11H14ClNS. The Morgan fingerprint density at radius 1 is 1.50 bits per heavy atom. The Morgan fingerprint density at radius 2 is 2.21 bits per heavy atom. The van der Waals surface area contributed by atoms with Gasteiger partial charge in [0.05, 0.1) is 5.02 Å². The van der Waals surface area contributed by atoms with Crippen molar-refractivity contribution in [3.05, 3.63) is 28.8 Å². The number of rotatable bonds is 3. The lowest BCUT2D eigenvalue weighted by atomic mass is 9.96. The summed E-state index contributed by atoms with van der Waals surface area (Å²) in [6.07, 6.45) is 4.45. The molecular weight excluding hydrogens is 214 g/mol. The molecule has 0 heterocycles. The van der Waals surface area contributed by atoms with Gasteiger partial charge in [0.2, 0.25) is 0 Å². The third-order valence-corrected chi connectivity index (χ3v) is 4.23. The third-order valence-electron chi connectivity index (χ3n) is 3.01. The molecule has 0 atom stereocenters. The van der Waals surface area contributed by atoms with Crippen molar-refractivity contribution in [3.63, 3.8) is 0 Å². The second-order valence-electron chi connectivity index (χ2n) is 3.83. The molecule has 0 aliphatic heterocycles. The van der Waals surface area contributed by atoms with Crippen molar-refractivity contribution in [1.29, 1.82) is 0 Å². The maximum Gasteiger partial charge on any atom is 0.0544 e. The summed E-state index contributed by atoms with van der Waals surface area (Å²) < 4.78 is 0. The van der Waals surface area contributed by atoms with Crippen molar-refractivity contribution in [2.75, 3.05) is 12.8 Å². The first-order valence-corrected chi connectivity index (χ1v) is 6.36. The van der Waals surface area contributed by atoms with Crippen LogP contribution < -0.4 is 5.73 Å². The van der Waals surface area contributed by atoms with E-state index in [1.165, 1.54) is 18.4 Å². The lowest BCUT2D eigenvalue weighted by molar-refractivity contribution is 0.704. The highest BCUT2D eigenvalue weighted by molar-refractivity contribution is 7.98. The first-order chi connectivity index (χ1) is 6.72. The SMILES string of the molecule is CSc1ccc(C2(CN)CC2)cc1Cl. The largest absolute Gasteiger partial charge is 0.330 e. The van der Waals surface area contributed by atoms with Crippen molar-refractivity contribution in [1.82, 2.24) is 0 Å². The van der Waals surface area contributed by atoms with Gasteiger partial charge in [-0.25, -0.2) is 0 Å². The minimum Gasteiger partial charge on any atom is -0.330 e. The van der Waals surface area contributed by atoms with E-state index in [-0.39, 0.29) is 5.41 Å². The van der Waals surface area contributed by atoms with E-state index in [9.17, 15) is 0 Å². The van der Waals surface area contributed by atoms with Crippen LogP contribution in [0.25, 0.3) is 0 Å². The normalized spacial score (nSPS) is 18.2. The van der Waals surface area contributed by atoms with Crippen LogP contribution in [0, 0.1) is 0 Å². The first kappa shape index (κ1) is 10.3. The molecule has 1 fully saturated rings. The van der Waals surface area contributed by atoms with Crippen molar-refractivity contribution >= 4 is 23.4 Å². The number of benzene rings is 1. The molecule has 0 unspecified atom stereocenters. The zero-order valence-corrected chi connectivity index (χ0v) is 9.79. The molecule has 2 N–H and O–H groups in total. The van der Waals surface area contributed by atoms with Crippen LogP contribution in [0.15, 0.2) is 23.1 Å². The molecule has 0 radical (unpaired) electrons. The fraction of sp³-hybridized carbons (Fsp3) is 0.455. The fourth-order valence-corrected chi connectivity index (χ4v) is 2.63. The molecule has 76 valence electrons. The molecule has 2 rings (SSSR count). The van der Waals surface area contributed by atoms with Crippen LogP contribution in [0.5, 0.6) is 0 Å². The Morgan fingerprint density at radius 3 is 2.64 bits per heavy atom. The van der Waals surface area contributed by atoms with Crippen molar-refractivity contribution in [2.45, 2.75) is 23.2 Å². The molecule has 1 nitrogen and oxygen atoms in total. The average Bonchev–Trinajstić information content (AvgIpc) is 2.98. The van der Waals surface area contributed by atoms with E-state index in [1.807, 2.05) is 6.26 Å². The van der Waals surface area contributed by atoms with Gasteiger partial charge >= 0.3 is 0 Å². The zero-order valence-electron chi connectivity index (χ0n) is 8.22. The smallest absolute Gasteiger partial charge is 0.0544 e. The summed E-state index contributed by atoms with van der Waals surface area (Å²) in [6, 6.07) is 6.34. The van der Waals surface area contributed by atoms with E-state index in [0.717, 1.165) is 16.5 Å². The van der Waals surface area contributed by atoms with Crippen molar-refractivity contribution in [2.24, 2.45) is 5.73 Å². The molecule has 1 saturated carbocycles. The molecule has 1 aliphatic carbocycles. The molecule has 14 heavy (non-hydrogen) atoms. The van der Waals surface area contributed by atoms with Gasteiger partial charge in [0.1, 0.15) is 0 Å². The molecule has 0 bridgehead atoms. The standard InChI is InChI=1S/C11H14ClNS/c1-14-10-3-2-8(6-9(10)12)11(7-13)4-5-11/h2-3,6H,4-5,7,13H2,1H3. The highest BCUT2D eigenvalue weighted by Crippen LogP contribution is 2.48. The van der Waals surface area contributed by atoms with E-state index in [0.29, 0.717) is 0 Å². The number of hydrogen-bond acceptors (Lipinski definition) is 2. The second-order valence-corrected chi connectivity index (χ2v) is 5.09. The Balaban J connectivity index is 2.33. The Kier molecular flexibility index (Phi) is 2.78. The lowest BCUT2D eigenvalue weighted by Gasteiger charge is -2.13. The van der Waals surface area contributed by atoms with Crippen LogP contribution in [-0.4, -0.2) is 12.8 Å². The van der Waals surface area contributed by atoms with Gasteiger partial charge in [-0.1, -0.05) is 17.7 Å². The van der Waals surface area contributed by atoms with Gasteiger partial charge in [0, 0.05) is 16.9 Å². The number of hydrogen-bond donors (Lipinski definition) is 1. The predicted molar refractivity (Wildman–Crippen MR) is 63.2 cm³/mol. The van der Waals surface area contributed by atoms with Gasteiger partial charge in [-0.3, -0.25) is 0 Å². The molecule has 1 aromatic rings. The minimum absolute atomic E-state index is 0.251. The average molecular weight is 228 g/mol. The van der Waals surface area contributed by atoms with Gasteiger partial charge in [-0.05, 0) is 36.8 Å². The summed E-state index contributed by atoms with van der Waals surface area (Å²) >= 11 is 7.84. The minimum atomic E-state index is 0.251. The van der Waals surface area contributed by atoms with E-state index < -0.39 is 0 Å². The Hall–Kier alpha value is -0.180. The first-order valence-electron chi connectivity index (χ1n) is 4.76. The molecule has 1 aliphatic rings. The molecule has 1 aromatic carbocycles. The van der Waals surface area contributed by atoms with Gasteiger partial charge in [0.15, 0.2) is 0 Å². The Bertz CT molecular complexity index is 347. The van der Waals surface area contributed by atoms with Crippen LogP contribution in [0.1, 0.15) is 18.4 Å². The molecule has 0 aromatic heterocycles. The fourth-order valence-electron chi connectivity index (χ4n) is 1.76. The van der Waals surface area contributed by atoms with E-state index in [4.69, 9.17) is 17.3 Å². The summed E-state index contributed by atoms with van der Waals surface area (Å²) in [7, 11) is 0. The number of thioether (sulfide) groups is 1. The summed E-state index contributed by atoms with van der Waals surface area (Å²) in [6.45, 7) is 0.738. The van der Waals surface area contributed by atoms with Crippen LogP contribution in [0.3, 0.4) is 0 Å².